The van der Waals surface area contributed by atoms with Crippen LogP contribution in [-0.2, 0) is 0 Å². The molecule has 7 heteroatoms. The Kier molecular flexibility index (Phi) is 5.44. The number of carbonyl (C=O) groups is 2. The quantitative estimate of drug-likeness (QED) is 0.565. The van der Waals surface area contributed by atoms with Gasteiger partial charge in [0.15, 0.2) is 0 Å². The molecule has 3 aromatic rings. The lowest BCUT2D eigenvalue weighted by molar-refractivity contribution is 0.103. The van der Waals surface area contributed by atoms with Crippen LogP contribution < -0.4 is 16.0 Å². The van der Waals surface area contributed by atoms with Crippen LogP contribution in [0.15, 0.2) is 48.5 Å². The van der Waals surface area contributed by atoms with E-state index in [0.717, 1.165) is 10.1 Å². The zero-order chi connectivity index (χ0) is 18.7. The maximum absolute atomic E-state index is 12.5. The second-order valence-electron chi connectivity index (χ2n) is 6.03. The predicted molar refractivity (Wildman–Crippen MR) is 109 cm³/mol. The number of carbonyl (C=O) groups excluding carboxylic acids is 2. The van der Waals surface area contributed by atoms with Gasteiger partial charge in [-0.05, 0) is 44.2 Å². The summed E-state index contributed by atoms with van der Waals surface area (Å²) in [5, 5.41) is 9.65. The maximum atomic E-state index is 12.5. The number of benzene rings is 2. The van der Waals surface area contributed by atoms with Crippen LogP contribution >= 0.6 is 22.9 Å². The predicted octanol–water partition coefficient (Wildman–Crippen LogP) is 5.34. The van der Waals surface area contributed by atoms with Crippen LogP contribution in [0.25, 0.3) is 10.1 Å². The standard InChI is InChI=1S/C19H18ClN3O2S/c1-11(2)21-19(25)23-13-9-7-12(8-10-13)22-18(24)17-16(20)14-5-3-4-6-15(14)26-17/h3-11H,1-2H3,(H,22,24)(H2,21,23,25). The summed E-state index contributed by atoms with van der Waals surface area (Å²) in [4.78, 5) is 24.7. The third-order valence-corrected chi connectivity index (χ3v) is 5.24. The molecule has 3 N–H and O–H groups in total. The summed E-state index contributed by atoms with van der Waals surface area (Å²) >= 11 is 7.70. The Balaban J connectivity index is 1.69. The van der Waals surface area contributed by atoms with E-state index < -0.39 is 0 Å². The number of thiophene rings is 1. The van der Waals surface area contributed by atoms with Gasteiger partial charge in [-0.1, -0.05) is 29.8 Å². The van der Waals surface area contributed by atoms with E-state index in [1.54, 1.807) is 24.3 Å². The SMILES string of the molecule is CC(C)NC(=O)Nc1ccc(NC(=O)c2sc3ccccc3c2Cl)cc1. The lowest BCUT2D eigenvalue weighted by Crippen LogP contribution is -2.34. The van der Waals surface area contributed by atoms with E-state index in [2.05, 4.69) is 16.0 Å². The Bertz CT molecular complexity index is 951. The van der Waals surface area contributed by atoms with E-state index in [0.29, 0.717) is 21.3 Å². The average Bonchev–Trinajstić information content (AvgIpc) is 2.93. The molecule has 3 amide bonds. The summed E-state index contributed by atoms with van der Waals surface area (Å²) in [5.41, 5.74) is 1.26. The van der Waals surface area contributed by atoms with Crippen molar-refractivity contribution in [3.8, 4) is 0 Å². The highest BCUT2D eigenvalue weighted by atomic mass is 35.5. The summed E-state index contributed by atoms with van der Waals surface area (Å²) in [5.74, 6) is -0.255. The summed E-state index contributed by atoms with van der Waals surface area (Å²) in [6.45, 7) is 3.77. The van der Waals surface area contributed by atoms with Crippen molar-refractivity contribution in [3.05, 3.63) is 58.4 Å². The van der Waals surface area contributed by atoms with Crippen molar-refractivity contribution >= 4 is 56.3 Å². The molecule has 2 aromatic carbocycles. The fraction of sp³-hybridized carbons (Fsp3) is 0.158. The van der Waals surface area contributed by atoms with Gasteiger partial charge >= 0.3 is 6.03 Å². The first-order valence-corrected chi connectivity index (χ1v) is 9.29. The van der Waals surface area contributed by atoms with E-state index in [-0.39, 0.29) is 18.0 Å². The minimum atomic E-state index is -0.270. The average molecular weight is 388 g/mol. The van der Waals surface area contributed by atoms with Crippen molar-refractivity contribution in [2.45, 2.75) is 19.9 Å². The molecule has 0 saturated carbocycles. The number of anilines is 2. The Hall–Kier alpha value is -2.57. The molecule has 0 atom stereocenters. The third-order valence-electron chi connectivity index (χ3n) is 3.56. The highest BCUT2D eigenvalue weighted by Gasteiger charge is 2.17. The van der Waals surface area contributed by atoms with Crippen molar-refractivity contribution in [3.63, 3.8) is 0 Å². The molecule has 0 unspecified atom stereocenters. The molecular formula is C19H18ClN3O2S. The highest BCUT2D eigenvalue weighted by molar-refractivity contribution is 7.21. The topological polar surface area (TPSA) is 70.2 Å². The van der Waals surface area contributed by atoms with Crippen molar-refractivity contribution in [2.75, 3.05) is 10.6 Å². The van der Waals surface area contributed by atoms with E-state index in [1.807, 2.05) is 38.1 Å². The van der Waals surface area contributed by atoms with Gasteiger partial charge in [-0.15, -0.1) is 11.3 Å². The number of rotatable bonds is 4. The molecule has 0 bridgehead atoms. The van der Waals surface area contributed by atoms with E-state index in [1.165, 1.54) is 11.3 Å². The summed E-state index contributed by atoms with van der Waals surface area (Å²) in [6, 6.07) is 14.3. The molecule has 26 heavy (non-hydrogen) atoms. The number of hydrogen-bond donors (Lipinski definition) is 3. The molecule has 1 heterocycles. The largest absolute Gasteiger partial charge is 0.336 e. The van der Waals surface area contributed by atoms with Gasteiger partial charge in [0.25, 0.3) is 5.91 Å². The second-order valence-corrected chi connectivity index (χ2v) is 7.46. The Morgan fingerprint density at radius 2 is 1.58 bits per heavy atom. The van der Waals surface area contributed by atoms with Gasteiger partial charge in [0.05, 0.1) is 5.02 Å². The molecule has 3 rings (SSSR count). The van der Waals surface area contributed by atoms with Gasteiger partial charge in [0, 0.05) is 27.5 Å². The number of nitrogens with one attached hydrogen (secondary N) is 3. The number of hydrogen-bond acceptors (Lipinski definition) is 3. The molecule has 0 saturated heterocycles. The van der Waals surface area contributed by atoms with Crippen LogP contribution in [0.3, 0.4) is 0 Å². The fourth-order valence-corrected chi connectivity index (χ4v) is 3.83. The van der Waals surface area contributed by atoms with Crippen LogP contribution in [0, 0.1) is 0 Å². The zero-order valence-corrected chi connectivity index (χ0v) is 15.9. The molecule has 0 radical (unpaired) electrons. The molecule has 0 aliphatic heterocycles. The summed E-state index contributed by atoms with van der Waals surface area (Å²) in [6.07, 6.45) is 0. The van der Waals surface area contributed by atoms with Crippen molar-refractivity contribution in [1.29, 1.82) is 0 Å². The normalized spacial score (nSPS) is 10.8. The Labute approximate surface area is 160 Å². The van der Waals surface area contributed by atoms with Crippen LogP contribution in [0.5, 0.6) is 0 Å². The monoisotopic (exact) mass is 387 g/mol. The number of fused-ring (bicyclic) bond motifs is 1. The van der Waals surface area contributed by atoms with E-state index in [4.69, 9.17) is 11.6 Å². The van der Waals surface area contributed by atoms with Crippen molar-refractivity contribution in [1.82, 2.24) is 5.32 Å². The van der Waals surface area contributed by atoms with Gasteiger partial charge in [0.1, 0.15) is 4.88 Å². The smallest absolute Gasteiger partial charge is 0.319 e. The molecule has 0 spiro atoms. The molecule has 0 aliphatic carbocycles. The molecule has 0 fully saturated rings. The van der Waals surface area contributed by atoms with Crippen molar-refractivity contribution in [2.24, 2.45) is 0 Å². The Morgan fingerprint density at radius 3 is 2.19 bits per heavy atom. The van der Waals surface area contributed by atoms with Gasteiger partial charge in [0.2, 0.25) is 0 Å². The molecule has 134 valence electrons. The fourth-order valence-electron chi connectivity index (χ4n) is 2.41. The zero-order valence-electron chi connectivity index (χ0n) is 14.3. The minimum absolute atomic E-state index is 0.0552. The minimum Gasteiger partial charge on any atom is -0.336 e. The second kappa shape index (κ2) is 7.76. The van der Waals surface area contributed by atoms with Crippen LogP contribution in [-0.4, -0.2) is 18.0 Å². The molecule has 5 nitrogen and oxygen atoms in total. The van der Waals surface area contributed by atoms with Gasteiger partial charge in [-0.25, -0.2) is 4.79 Å². The van der Waals surface area contributed by atoms with Crippen LogP contribution in [0.4, 0.5) is 16.2 Å². The van der Waals surface area contributed by atoms with Gasteiger partial charge in [-0.3, -0.25) is 4.79 Å². The van der Waals surface area contributed by atoms with Gasteiger partial charge < -0.3 is 16.0 Å². The lowest BCUT2D eigenvalue weighted by atomic mass is 10.2. The third kappa shape index (κ3) is 4.15. The molecule has 1 aromatic heterocycles. The highest BCUT2D eigenvalue weighted by Crippen LogP contribution is 2.35. The molecular weight excluding hydrogens is 370 g/mol. The first-order valence-electron chi connectivity index (χ1n) is 8.10. The van der Waals surface area contributed by atoms with Crippen LogP contribution in [0.2, 0.25) is 5.02 Å². The maximum Gasteiger partial charge on any atom is 0.319 e. The van der Waals surface area contributed by atoms with E-state index >= 15 is 0 Å². The van der Waals surface area contributed by atoms with Crippen LogP contribution in [0.1, 0.15) is 23.5 Å². The van der Waals surface area contributed by atoms with Crippen molar-refractivity contribution < 1.29 is 9.59 Å². The number of halogens is 1. The number of urea groups is 1. The first-order chi connectivity index (χ1) is 12.4. The first kappa shape index (κ1) is 18.2. The lowest BCUT2D eigenvalue weighted by Gasteiger charge is -2.10. The molecule has 0 aliphatic rings. The number of amides is 3. The van der Waals surface area contributed by atoms with E-state index in [9.17, 15) is 9.59 Å². The Morgan fingerprint density at radius 1 is 0.962 bits per heavy atom. The summed E-state index contributed by atoms with van der Waals surface area (Å²) < 4.78 is 0.971. The van der Waals surface area contributed by atoms with Gasteiger partial charge in [-0.2, -0.15) is 0 Å². The summed E-state index contributed by atoms with van der Waals surface area (Å²) in [7, 11) is 0.